The Hall–Kier alpha value is -1.33. The summed E-state index contributed by atoms with van der Waals surface area (Å²) in [4.78, 5) is 18.3. The number of carbonyl (C=O) groups excluding carboxylic acids is 1. The van der Waals surface area contributed by atoms with Crippen molar-refractivity contribution >= 4 is 6.29 Å². The third-order valence-corrected chi connectivity index (χ3v) is 1.42. The lowest BCUT2D eigenvalue weighted by Crippen LogP contribution is -2.46. The van der Waals surface area contributed by atoms with E-state index < -0.39 is 36.1 Å². The zero-order valence-electron chi connectivity index (χ0n) is 7.95. The Morgan fingerprint density at radius 2 is 1.56 bits per heavy atom. The third-order valence-electron chi connectivity index (χ3n) is 1.42. The van der Waals surface area contributed by atoms with Gasteiger partial charge in [0.05, 0.1) is 6.61 Å². The molecule has 10 nitrogen and oxygen atoms in total. The van der Waals surface area contributed by atoms with E-state index in [2.05, 4.69) is 0 Å². The van der Waals surface area contributed by atoms with Crippen LogP contribution in [0.25, 0.3) is 0 Å². The van der Waals surface area contributed by atoms with Crippen molar-refractivity contribution in [2.75, 3.05) is 6.61 Å². The molecule has 0 aromatic heterocycles. The maximum absolute atomic E-state index is 9.90. The highest BCUT2D eigenvalue weighted by Crippen LogP contribution is 2.02. The quantitative estimate of drug-likeness (QED) is 0.160. The SMILES string of the molecule is O=C[C@H](O)[C@@H](O)[C@H](O)[C@H](O)CO.O=[N+]([O-])O. The summed E-state index contributed by atoms with van der Waals surface area (Å²) >= 11 is 0. The monoisotopic (exact) mass is 243 g/mol. The van der Waals surface area contributed by atoms with Crippen LogP contribution in [-0.4, -0.2) is 73.1 Å². The van der Waals surface area contributed by atoms with Gasteiger partial charge < -0.3 is 35.5 Å². The van der Waals surface area contributed by atoms with E-state index in [0.717, 1.165) is 0 Å². The van der Waals surface area contributed by atoms with Gasteiger partial charge in [-0.2, -0.15) is 0 Å². The molecule has 0 rings (SSSR count). The van der Waals surface area contributed by atoms with Gasteiger partial charge >= 0.3 is 0 Å². The average Bonchev–Trinajstić information content (AvgIpc) is 2.24. The van der Waals surface area contributed by atoms with Crippen LogP contribution in [0.2, 0.25) is 0 Å². The summed E-state index contributed by atoms with van der Waals surface area (Å²) in [5.74, 6) is 0. The summed E-state index contributed by atoms with van der Waals surface area (Å²) in [7, 11) is 0. The van der Waals surface area contributed by atoms with Crippen molar-refractivity contribution in [1.29, 1.82) is 0 Å². The van der Waals surface area contributed by atoms with Crippen molar-refractivity contribution in [3.8, 4) is 0 Å². The minimum Gasteiger partial charge on any atom is -0.394 e. The van der Waals surface area contributed by atoms with Crippen molar-refractivity contribution in [2.45, 2.75) is 24.4 Å². The minimum absolute atomic E-state index is 0.0258. The number of aldehydes is 1. The van der Waals surface area contributed by atoms with E-state index in [1.165, 1.54) is 0 Å². The van der Waals surface area contributed by atoms with Gasteiger partial charge in [-0.25, -0.2) is 0 Å². The second kappa shape index (κ2) is 8.94. The van der Waals surface area contributed by atoms with Crippen LogP contribution >= 0.6 is 0 Å². The normalized spacial score (nSPS) is 17.3. The van der Waals surface area contributed by atoms with Crippen molar-refractivity contribution in [1.82, 2.24) is 0 Å². The van der Waals surface area contributed by atoms with Crippen LogP contribution in [0.5, 0.6) is 0 Å². The van der Waals surface area contributed by atoms with E-state index in [-0.39, 0.29) is 6.29 Å². The largest absolute Gasteiger partial charge is 0.394 e. The number of hydrogen-bond donors (Lipinski definition) is 6. The van der Waals surface area contributed by atoms with Crippen LogP contribution in [0.3, 0.4) is 0 Å². The second-order valence-corrected chi connectivity index (χ2v) is 2.60. The van der Waals surface area contributed by atoms with E-state index in [0.29, 0.717) is 0 Å². The highest BCUT2D eigenvalue weighted by molar-refractivity contribution is 5.56. The Morgan fingerprint density at radius 1 is 1.19 bits per heavy atom. The molecule has 0 heterocycles. The molecule has 4 atom stereocenters. The molecular formula is C6H13NO9. The molecule has 0 saturated carbocycles. The first-order valence-corrected chi connectivity index (χ1v) is 3.89. The van der Waals surface area contributed by atoms with E-state index in [1.807, 2.05) is 0 Å². The van der Waals surface area contributed by atoms with Crippen molar-refractivity contribution in [3.63, 3.8) is 0 Å². The molecule has 0 amide bonds. The molecular weight excluding hydrogens is 230 g/mol. The van der Waals surface area contributed by atoms with Crippen LogP contribution in [0, 0.1) is 10.1 Å². The fraction of sp³-hybridized carbons (Fsp3) is 0.833. The van der Waals surface area contributed by atoms with Gasteiger partial charge in [-0.1, -0.05) is 0 Å². The summed E-state index contributed by atoms with van der Waals surface area (Å²) in [5.41, 5.74) is 0. The summed E-state index contributed by atoms with van der Waals surface area (Å²) in [6.45, 7) is -0.760. The van der Waals surface area contributed by atoms with Gasteiger partial charge in [0, 0.05) is 0 Å². The number of rotatable bonds is 5. The van der Waals surface area contributed by atoms with Crippen molar-refractivity contribution in [3.05, 3.63) is 10.1 Å². The highest BCUT2D eigenvalue weighted by atomic mass is 16.9. The molecule has 6 N–H and O–H groups in total. The van der Waals surface area contributed by atoms with Gasteiger partial charge in [-0.05, 0) is 0 Å². The molecule has 0 aliphatic carbocycles. The summed E-state index contributed by atoms with van der Waals surface area (Å²) in [5, 5.41) is 57.2. The number of nitrogens with zero attached hydrogens (tertiary/aromatic N) is 1. The molecule has 0 aliphatic rings. The number of carbonyl (C=O) groups is 1. The first-order valence-electron chi connectivity index (χ1n) is 3.89. The smallest absolute Gasteiger partial charge is 0.291 e. The van der Waals surface area contributed by atoms with Crippen LogP contribution in [0.4, 0.5) is 0 Å². The molecule has 0 radical (unpaired) electrons. The minimum atomic E-state index is -1.79. The predicted molar refractivity (Wildman–Crippen MR) is 46.0 cm³/mol. The van der Waals surface area contributed by atoms with Crippen LogP contribution in [-0.2, 0) is 4.79 Å². The molecule has 10 heteroatoms. The predicted octanol–water partition coefficient (Wildman–Crippen LogP) is -3.73. The molecule has 0 aromatic carbocycles. The van der Waals surface area contributed by atoms with Crippen molar-refractivity contribution in [2.24, 2.45) is 0 Å². The Bertz CT molecular complexity index is 206. The highest BCUT2D eigenvalue weighted by Gasteiger charge is 2.29. The Morgan fingerprint density at radius 3 is 1.81 bits per heavy atom. The average molecular weight is 243 g/mol. The van der Waals surface area contributed by atoms with Gasteiger partial charge in [0.25, 0.3) is 5.09 Å². The maximum Gasteiger partial charge on any atom is 0.291 e. The molecule has 0 aromatic rings. The topological polar surface area (TPSA) is 182 Å². The zero-order chi connectivity index (χ0) is 13.3. The fourth-order valence-corrected chi connectivity index (χ4v) is 0.618. The first kappa shape index (κ1) is 17.1. The van der Waals surface area contributed by atoms with Crippen molar-refractivity contribution < 1.29 is 40.6 Å². The molecule has 0 unspecified atom stereocenters. The number of aliphatic hydroxyl groups excluding tert-OH is 5. The fourth-order valence-electron chi connectivity index (χ4n) is 0.618. The molecule has 0 bridgehead atoms. The van der Waals surface area contributed by atoms with Gasteiger partial charge in [0.15, 0.2) is 6.29 Å². The second-order valence-electron chi connectivity index (χ2n) is 2.60. The Balaban J connectivity index is 0. The Labute approximate surface area is 89.1 Å². The lowest BCUT2D eigenvalue weighted by molar-refractivity contribution is -0.742. The summed E-state index contributed by atoms with van der Waals surface area (Å²) < 4.78 is 0. The first-order chi connectivity index (χ1) is 7.27. The standard InChI is InChI=1S/C6H12O6.HNO3/c7-1-3(9)5(11)6(12)4(10)2-8;2-1(3)4/h1,3-6,8-12H,2H2;(H,2,3,4)/t3-,4+,5+,6+;/m0./s1. The van der Waals surface area contributed by atoms with Gasteiger partial charge in [0.1, 0.15) is 24.4 Å². The third kappa shape index (κ3) is 8.02. The molecule has 0 saturated heterocycles. The lowest BCUT2D eigenvalue weighted by atomic mass is 10.0. The van der Waals surface area contributed by atoms with Crippen LogP contribution < -0.4 is 0 Å². The number of aliphatic hydroxyl groups is 5. The molecule has 16 heavy (non-hydrogen) atoms. The van der Waals surface area contributed by atoms with Crippen LogP contribution in [0.1, 0.15) is 0 Å². The van der Waals surface area contributed by atoms with Gasteiger partial charge in [-0.15, -0.1) is 10.1 Å². The lowest BCUT2D eigenvalue weighted by Gasteiger charge is -2.22. The van der Waals surface area contributed by atoms with E-state index >= 15 is 0 Å². The van der Waals surface area contributed by atoms with Gasteiger partial charge in [-0.3, -0.25) is 0 Å². The van der Waals surface area contributed by atoms with E-state index in [4.69, 9.17) is 40.9 Å². The Kier molecular flexibility index (Phi) is 9.54. The molecule has 0 fully saturated rings. The summed E-state index contributed by atoms with van der Waals surface area (Å²) in [6, 6.07) is 0. The zero-order valence-corrected chi connectivity index (χ0v) is 7.95. The molecule has 0 spiro atoms. The molecule has 0 aliphatic heterocycles. The summed E-state index contributed by atoms with van der Waals surface area (Å²) in [6.07, 6.45) is -6.84. The van der Waals surface area contributed by atoms with Gasteiger partial charge in [0.2, 0.25) is 0 Å². The van der Waals surface area contributed by atoms with E-state index in [9.17, 15) is 4.79 Å². The van der Waals surface area contributed by atoms with Crippen LogP contribution in [0.15, 0.2) is 0 Å². The molecule has 96 valence electrons. The van der Waals surface area contributed by atoms with E-state index in [1.54, 1.807) is 0 Å². The maximum atomic E-state index is 9.90. The number of hydrogen-bond acceptors (Lipinski definition) is 8.